The van der Waals surface area contributed by atoms with Crippen molar-refractivity contribution in [3.63, 3.8) is 0 Å². The highest BCUT2D eigenvalue weighted by Crippen LogP contribution is 2.14. The molecule has 116 valence electrons. The molecule has 1 saturated heterocycles. The molecule has 3 N–H and O–H groups in total. The maximum Gasteiger partial charge on any atom is 0.238 e. The number of amides is 1. The summed E-state index contributed by atoms with van der Waals surface area (Å²) in [5.74, 6) is 0.0327. The zero-order valence-electron chi connectivity index (χ0n) is 12.7. The van der Waals surface area contributed by atoms with Gasteiger partial charge >= 0.3 is 0 Å². The fourth-order valence-electron chi connectivity index (χ4n) is 2.60. The molecule has 1 amide bonds. The van der Waals surface area contributed by atoms with Crippen LogP contribution in [0.2, 0.25) is 0 Å². The number of nitrogens with zero attached hydrogens (tertiary/aromatic N) is 1. The number of rotatable bonds is 6. The first-order valence-corrected chi connectivity index (χ1v) is 7.64. The zero-order chi connectivity index (χ0) is 15.1. The van der Waals surface area contributed by atoms with Gasteiger partial charge in [-0.05, 0) is 37.5 Å². The minimum Gasteiger partial charge on any atom is -0.378 e. The van der Waals surface area contributed by atoms with Crippen LogP contribution in [0.3, 0.4) is 0 Å². The van der Waals surface area contributed by atoms with Gasteiger partial charge in [0, 0.05) is 31.9 Å². The number of carbonyl (C=O) groups is 1. The second kappa shape index (κ2) is 8.12. The Labute approximate surface area is 126 Å². The van der Waals surface area contributed by atoms with Crippen molar-refractivity contribution in [2.45, 2.75) is 32.4 Å². The van der Waals surface area contributed by atoms with E-state index in [0.717, 1.165) is 43.8 Å². The lowest BCUT2D eigenvalue weighted by Gasteiger charge is -2.31. The highest BCUT2D eigenvalue weighted by molar-refractivity contribution is 5.92. The van der Waals surface area contributed by atoms with Crippen LogP contribution >= 0.6 is 0 Å². The summed E-state index contributed by atoms with van der Waals surface area (Å²) in [6.07, 6.45) is 2.37. The van der Waals surface area contributed by atoms with Crippen LogP contribution in [0.25, 0.3) is 0 Å². The Bertz CT molecular complexity index is 439. The Morgan fingerprint density at radius 3 is 2.57 bits per heavy atom. The number of hydrogen-bond donors (Lipinski definition) is 2. The topological polar surface area (TPSA) is 67.6 Å². The maximum absolute atomic E-state index is 12.0. The summed E-state index contributed by atoms with van der Waals surface area (Å²) in [5, 5.41) is 2.92. The molecule has 1 aromatic rings. The van der Waals surface area contributed by atoms with Gasteiger partial charge in [0.25, 0.3) is 0 Å². The van der Waals surface area contributed by atoms with Crippen molar-refractivity contribution in [2.24, 2.45) is 5.73 Å². The van der Waals surface area contributed by atoms with Crippen molar-refractivity contribution in [2.75, 3.05) is 31.6 Å². The lowest BCUT2D eigenvalue weighted by Crippen LogP contribution is -2.41. The van der Waals surface area contributed by atoms with Crippen LogP contribution in [0, 0.1) is 0 Å². The van der Waals surface area contributed by atoms with Crippen LogP contribution in [-0.2, 0) is 16.1 Å². The smallest absolute Gasteiger partial charge is 0.238 e. The van der Waals surface area contributed by atoms with E-state index in [2.05, 4.69) is 10.2 Å². The van der Waals surface area contributed by atoms with Crippen molar-refractivity contribution in [3.05, 3.63) is 29.8 Å². The molecular weight excluding hydrogens is 266 g/mol. The van der Waals surface area contributed by atoms with Crippen LogP contribution in [0.1, 0.15) is 25.3 Å². The molecule has 5 nitrogen and oxygen atoms in total. The number of ether oxygens (including phenoxy) is 1. The number of likely N-dealkylation sites (tertiary alicyclic amines) is 1. The van der Waals surface area contributed by atoms with Crippen molar-refractivity contribution in [1.82, 2.24) is 4.90 Å². The first-order chi connectivity index (χ1) is 10.2. The van der Waals surface area contributed by atoms with Crippen LogP contribution in [0.5, 0.6) is 0 Å². The molecule has 0 atom stereocenters. The highest BCUT2D eigenvalue weighted by Gasteiger charge is 2.20. The summed E-state index contributed by atoms with van der Waals surface area (Å²) in [6.45, 7) is 5.59. The number of carbonyl (C=O) groups excluding carboxylic acids is 1. The molecule has 5 heteroatoms. The quantitative estimate of drug-likeness (QED) is 0.835. The lowest BCUT2D eigenvalue weighted by atomic mass is 10.1. The summed E-state index contributed by atoms with van der Waals surface area (Å²) in [6, 6.07) is 7.65. The SMILES string of the molecule is CCOC1CCN(CC(=O)Nc2ccc(CN)cc2)CC1. The Morgan fingerprint density at radius 2 is 2.00 bits per heavy atom. The van der Waals surface area contributed by atoms with Gasteiger partial charge in [-0.15, -0.1) is 0 Å². The normalized spacial score (nSPS) is 16.9. The van der Waals surface area contributed by atoms with Gasteiger partial charge in [0.15, 0.2) is 0 Å². The largest absolute Gasteiger partial charge is 0.378 e. The van der Waals surface area contributed by atoms with Gasteiger partial charge in [0.05, 0.1) is 12.6 Å². The third kappa shape index (κ3) is 5.12. The Morgan fingerprint density at radius 1 is 1.33 bits per heavy atom. The highest BCUT2D eigenvalue weighted by atomic mass is 16.5. The van der Waals surface area contributed by atoms with Crippen LogP contribution in [0.4, 0.5) is 5.69 Å². The predicted molar refractivity (Wildman–Crippen MR) is 84.1 cm³/mol. The van der Waals surface area contributed by atoms with Gasteiger partial charge in [-0.3, -0.25) is 9.69 Å². The maximum atomic E-state index is 12.0. The van der Waals surface area contributed by atoms with Crippen molar-refractivity contribution in [3.8, 4) is 0 Å². The molecular formula is C16H25N3O2. The number of hydrogen-bond acceptors (Lipinski definition) is 4. The second-order valence-corrected chi connectivity index (χ2v) is 5.38. The second-order valence-electron chi connectivity index (χ2n) is 5.38. The molecule has 0 aliphatic carbocycles. The molecule has 1 aromatic carbocycles. The van der Waals surface area contributed by atoms with Gasteiger partial charge in [0.1, 0.15) is 0 Å². The van der Waals surface area contributed by atoms with Crippen molar-refractivity contribution >= 4 is 11.6 Å². The molecule has 2 rings (SSSR count). The summed E-state index contributed by atoms with van der Waals surface area (Å²) < 4.78 is 5.62. The Hall–Kier alpha value is -1.43. The number of anilines is 1. The molecule has 0 aromatic heterocycles. The first-order valence-electron chi connectivity index (χ1n) is 7.64. The standard InChI is InChI=1S/C16H25N3O2/c1-2-21-15-7-9-19(10-8-15)12-16(20)18-14-5-3-13(11-17)4-6-14/h3-6,15H,2,7-12,17H2,1H3,(H,18,20). The molecule has 0 bridgehead atoms. The van der Waals surface area contributed by atoms with E-state index >= 15 is 0 Å². The molecule has 0 radical (unpaired) electrons. The summed E-state index contributed by atoms with van der Waals surface area (Å²) >= 11 is 0. The zero-order valence-corrected chi connectivity index (χ0v) is 12.7. The minimum atomic E-state index is 0.0327. The van der Waals surface area contributed by atoms with E-state index in [1.165, 1.54) is 0 Å². The summed E-state index contributed by atoms with van der Waals surface area (Å²) in [7, 11) is 0. The van der Waals surface area contributed by atoms with Gasteiger partial charge in [-0.25, -0.2) is 0 Å². The average molecular weight is 291 g/mol. The minimum absolute atomic E-state index is 0.0327. The van der Waals surface area contributed by atoms with Crippen LogP contribution in [-0.4, -0.2) is 43.2 Å². The third-order valence-electron chi connectivity index (χ3n) is 3.78. The predicted octanol–water partition coefficient (Wildman–Crippen LogP) is 1.58. The molecule has 0 unspecified atom stereocenters. The Balaban J connectivity index is 1.74. The summed E-state index contributed by atoms with van der Waals surface area (Å²) in [5.41, 5.74) is 7.44. The molecule has 1 fully saturated rings. The van der Waals surface area contributed by atoms with Gasteiger partial charge < -0.3 is 15.8 Å². The molecule has 1 aliphatic heterocycles. The van der Waals surface area contributed by atoms with Gasteiger partial charge in [-0.2, -0.15) is 0 Å². The number of piperidine rings is 1. The van der Waals surface area contributed by atoms with E-state index in [0.29, 0.717) is 19.2 Å². The Kier molecular flexibility index (Phi) is 6.17. The number of nitrogens with two attached hydrogens (primary N) is 1. The van der Waals surface area contributed by atoms with Crippen molar-refractivity contribution < 1.29 is 9.53 Å². The van der Waals surface area contributed by atoms with Crippen molar-refractivity contribution in [1.29, 1.82) is 0 Å². The van der Waals surface area contributed by atoms with Crippen LogP contribution < -0.4 is 11.1 Å². The van der Waals surface area contributed by atoms with E-state index in [1.807, 2.05) is 31.2 Å². The summed E-state index contributed by atoms with van der Waals surface area (Å²) in [4.78, 5) is 14.2. The molecule has 21 heavy (non-hydrogen) atoms. The van der Waals surface area contributed by atoms with E-state index in [4.69, 9.17) is 10.5 Å². The van der Waals surface area contributed by atoms with E-state index in [9.17, 15) is 4.79 Å². The first kappa shape index (κ1) is 15.9. The van der Waals surface area contributed by atoms with Crippen LogP contribution in [0.15, 0.2) is 24.3 Å². The number of benzene rings is 1. The third-order valence-corrected chi connectivity index (χ3v) is 3.78. The van der Waals surface area contributed by atoms with Gasteiger partial charge in [-0.1, -0.05) is 12.1 Å². The number of nitrogens with one attached hydrogen (secondary N) is 1. The molecule has 1 aliphatic rings. The fraction of sp³-hybridized carbons (Fsp3) is 0.562. The average Bonchev–Trinajstić information content (AvgIpc) is 2.50. The monoisotopic (exact) mass is 291 g/mol. The van der Waals surface area contributed by atoms with E-state index < -0.39 is 0 Å². The fourth-order valence-corrected chi connectivity index (χ4v) is 2.60. The van der Waals surface area contributed by atoms with E-state index in [1.54, 1.807) is 0 Å². The molecule has 0 spiro atoms. The van der Waals surface area contributed by atoms with Gasteiger partial charge in [0.2, 0.25) is 5.91 Å². The molecule has 1 heterocycles. The molecule has 0 saturated carbocycles. The lowest BCUT2D eigenvalue weighted by molar-refractivity contribution is -0.118. The van der Waals surface area contributed by atoms with E-state index in [-0.39, 0.29) is 5.91 Å².